The van der Waals surface area contributed by atoms with Gasteiger partial charge in [0.25, 0.3) is 0 Å². The van der Waals surface area contributed by atoms with Gasteiger partial charge in [0.05, 0.1) is 11.4 Å². The van der Waals surface area contributed by atoms with Gasteiger partial charge in [0, 0.05) is 24.8 Å². The van der Waals surface area contributed by atoms with Gasteiger partial charge in [-0.2, -0.15) is 10.2 Å². The van der Waals surface area contributed by atoms with E-state index in [1.165, 1.54) is 5.56 Å². The maximum Gasteiger partial charge on any atom is 0.155 e. The highest BCUT2D eigenvalue weighted by Crippen LogP contribution is 2.18. The summed E-state index contributed by atoms with van der Waals surface area (Å²) in [6.45, 7) is 5.99. The zero-order valence-electron chi connectivity index (χ0n) is 10.8. The first-order valence-electron chi connectivity index (χ1n) is 5.79. The van der Waals surface area contributed by atoms with Crippen molar-refractivity contribution < 1.29 is 0 Å². The first-order chi connectivity index (χ1) is 7.99. The zero-order valence-corrected chi connectivity index (χ0v) is 10.8. The molecule has 5 heteroatoms. The van der Waals surface area contributed by atoms with Crippen LogP contribution in [0.25, 0.3) is 5.82 Å². The standard InChI is InChI=1S/C12H19N5/c1-8(13)7-11-10(3)15-16(4)12(11)17-6-5-9(2)14-17/h5-6,8H,7,13H2,1-4H3. The highest BCUT2D eigenvalue weighted by molar-refractivity contribution is 5.38. The summed E-state index contributed by atoms with van der Waals surface area (Å²) in [5, 5.41) is 8.89. The molecule has 0 amide bonds. The Labute approximate surface area is 101 Å². The fourth-order valence-corrected chi connectivity index (χ4v) is 2.07. The number of aromatic nitrogens is 4. The summed E-state index contributed by atoms with van der Waals surface area (Å²) in [5.41, 5.74) is 9.08. The van der Waals surface area contributed by atoms with Crippen molar-refractivity contribution in [2.45, 2.75) is 33.2 Å². The van der Waals surface area contributed by atoms with E-state index < -0.39 is 0 Å². The summed E-state index contributed by atoms with van der Waals surface area (Å²) in [7, 11) is 1.93. The van der Waals surface area contributed by atoms with Crippen LogP contribution in [0.15, 0.2) is 12.3 Å². The molecular weight excluding hydrogens is 214 g/mol. The Morgan fingerprint density at radius 2 is 2.06 bits per heavy atom. The molecular formula is C12H19N5. The minimum absolute atomic E-state index is 0.119. The molecule has 92 valence electrons. The van der Waals surface area contributed by atoms with Gasteiger partial charge >= 0.3 is 0 Å². The van der Waals surface area contributed by atoms with Crippen molar-refractivity contribution in [1.82, 2.24) is 19.6 Å². The molecule has 17 heavy (non-hydrogen) atoms. The normalized spacial score (nSPS) is 13.0. The molecule has 0 spiro atoms. The summed E-state index contributed by atoms with van der Waals surface area (Å²) in [6.07, 6.45) is 2.77. The van der Waals surface area contributed by atoms with Crippen molar-refractivity contribution in [3.05, 3.63) is 29.2 Å². The largest absolute Gasteiger partial charge is 0.328 e. The minimum Gasteiger partial charge on any atom is -0.328 e. The first kappa shape index (κ1) is 11.9. The highest BCUT2D eigenvalue weighted by Gasteiger charge is 2.16. The summed E-state index contributed by atoms with van der Waals surface area (Å²) in [6, 6.07) is 2.10. The van der Waals surface area contributed by atoms with Gasteiger partial charge in [0.1, 0.15) is 0 Å². The highest BCUT2D eigenvalue weighted by atomic mass is 15.4. The summed E-state index contributed by atoms with van der Waals surface area (Å²) >= 11 is 0. The molecule has 2 heterocycles. The maximum absolute atomic E-state index is 5.89. The number of hydrogen-bond acceptors (Lipinski definition) is 3. The molecule has 0 aromatic carbocycles. The molecule has 0 aliphatic carbocycles. The number of aryl methyl sites for hydroxylation is 3. The molecule has 0 bridgehead atoms. The Bertz CT molecular complexity index is 521. The Hall–Kier alpha value is -1.62. The Kier molecular flexibility index (Phi) is 3.02. The van der Waals surface area contributed by atoms with Gasteiger partial charge in [0.2, 0.25) is 0 Å². The fourth-order valence-electron chi connectivity index (χ4n) is 2.07. The van der Waals surface area contributed by atoms with E-state index in [0.29, 0.717) is 0 Å². The molecule has 0 saturated heterocycles. The lowest BCUT2D eigenvalue weighted by Gasteiger charge is -2.08. The van der Waals surface area contributed by atoms with Gasteiger partial charge in [0.15, 0.2) is 5.82 Å². The Balaban J connectivity index is 2.52. The zero-order chi connectivity index (χ0) is 12.6. The number of rotatable bonds is 3. The average molecular weight is 233 g/mol. The summed E-state index contributed by atoms with van der Waals surface area (Å²) in [5.74, 6) is 1.01. The second kappa shape index (κ2) is 4.33. The molecule has 1 unspecified atom stereocenters. The molecule has 0 aliphatic rings. The smallest absolute Gasteiger partial charge is 0.155 e. The van der Waals surface area contributed by atoms with Crippen LogP contribution in [0.1, 0.15) is 23.9 Å². The second-order valence-electron chi connectivity index (χ2n) is 4.59. The van der Waals surface area contributed by atoms with Gasteiger partial charge in [-0.25, -0.2) is 4.68 Å². The van der Waals surface area contributed by atoms with Crippen LogP contribution in [0, 0.1) is 13.8 Å². The van der Waals surface area contributed by atoms with Crippen LogP contribution < -0.4 is 5.73 Å². The lowest BCUT2D eigenvalue weighted by Crippen LogP contribution is -2.19. The minimum atomic E-state index is 0.119. The number of nitrogens with zero attached hydrogens (tertiary/aromatic N) is 4. The lowest BCUT2D eigenvalue weighted by molar-refractivity contribution is 0.680. The molecule has 0 fully saturated rings. The van der Waals surface area contributed by atoms with Crippen LogP contribution in [0.4, 0.5) is 0 Å². The number of nitrogens with two attached hydrogens (primary N) is 1. The Morgan fingerprint density at radius 1 is 1.35 bits per heavy atom. The van der Waals surface area contributed by atoms with E-state index in [-0.39, 0.29) is 6.04 Å². The van der Waals surface area contributed by atoms with E-state index in [9.17, 15) is 0 Å². The van der Waals surface area contributed by atoms with Crippen LogP contribution in [0.3, 0.4) is 0 Å². The van der Waals surface area contributed by atoms with Crippen molar-refractivity contribution in [3.63, 3.8) is 0 Å². The average Bonchev–Trinajstić information content (AvgIpc) is 2.72. The van der Waals surface area contributed by atoms with Crippen LogP contribution in [-0.4, -0.2) is 25.6 Å². The molecule has 2 N–H and O–H groups in total. The van der Waals surface area contributed by atoms with Gasteiger partial charge in [-0.1, -0.05) is 0 Å². The van der Waals surface area contributed by atoms with Crippen molar-refractivity contribution in [2.24, 2.45) is 12.8 Å². The molecule has 0 aliphatic heterocycles. The molecule has 2 aromatic heterocycles. The van der Waals surface area contributed by atoms with Crippen LogP contribution >= 0.6 is 0 Å². The third-order valence-electron chi connectivity index (χ3n) is 2.78. The van der Waals surface area contributed by atoms with E-state index in [4.69, 9.17) is 5.73 Å². The predicted molar refractivity (Wildman–Crippen MR) is 67.2 cm³/mol. The molecule has 0 saturated carbocycles. The summed E-state index contributed by atoms with van der Waals surface area (Å²) in [4.78, 5) is 0. The van der Waals surface area contributed by atoms with Crippen molar-refractivity contribution >= 4 is 0 Å². The van der Waals surface area contributed by atoms with Crippen LogP contribution in [-0.2, 0) is 13.5 Å². The molecule has 2 rings (SSSR count). The van der Waals surface area contributed by atoms with Gasteiger partial charge in [-0.05, 0) is 33.3 Å². The van der Waals surface area contributed by atoms with E-state index in [2.05, 4.69) is 10.2 Å². The van der Waals surface area contributed by atoms with Crippen LogP contribution in [0.2, 0.25) is 0 Å². The predicted octanol–water partition coefficient (Wildman–Crippen LogP) is 1.11. The second-order valence-corrected chi connectivity index (χ2v) is 4.59. The third-order valence-corrected chi connectivity index (χ3v) is 2.78. The SMILES string of the molecule is Cc1ccn(-c2c(CC(C)N)c(C)nn2C)n1. The monoisotopic (exact) mass is 233 g/mol. The molecule has 2 aromatic rings. The molecule has 1 atom stereocenters. The van der Waals surface area contributed by atoms with E-state index in [0.717, 1.165) is 23.6 Å². The molecule has 5 nitrogen and oxygen atoms in total. The topological polar surface area (TPSA) is 61.7 Å². The van der Waals surface area contributed by atoms with E-state index >= 15 is 0 Å². The Morgan fingerprint density at radius 3 is 2.59 bits per heavy atom. The van der Waals surface area contributed by atoms with Crippen molar-refractivity contribution in [1.29, 1.82) is 0 Å². The lowest BCUT2D eigenvalue weighted by atomic mass is 10.1. The van der Waals surface area contributed by atoms with E-state index in [1.54, 1.807) is 0 Å². The van der Waals surface area contributed by atoms with Gasteiger partial charge in [-0.3, -0.25) is 4.68 Å². The van der Waals surface area contributed by atoms with Crippen molar-refractivity contribution in [3.8, 4) is 5.82 Å². The fraction of sp³-hybridized carbons (Fsp3) is 0.500. The molecule has 0 radical (unpaired) electrons. The maximum atomic E-state index is 5.89. The van der Waals surface area contributed by atoms with Crippen molar-refractivity contribution in [2.75, 3.05) is 0 Å². The number of hydrogen-bond donors (Lipinski definition) is 1. The van der Waals surface area contributed by atoms with E-state index in [1.807, 2.05) is 49.4 Å². The first-order valence-corrected chi connectivity index (χ1v) is 5.79. The van der Waals surface area contributed by atoms with Gasteiger partial charge < -0.3 is 5.73 Å². The quantitative estimate of drug-likeness (QED) is 0.864. The van der Waals surface area contributed by atoms with Crippen LogP contribution in [0.5, 0.6) is 0 Å². The third kappa shape index (κ3) is 2.24. The van der Waals surface area contributed by atoms with Gasteiger partial charge in [-0.15, -0.1) is 0 Å². The summed E-state index contributed by atoms with van der Waals surface area (Å²) < 4.78 is 3.73.